The lowest BCUT2D eigenvalue weighted by molar-refractivity contribution is 0.223. The minimum absolute atomic E-state index is 0.0341. The van der Waals surface area contributed by atoms with Gasteiger partial charge in [-0.2, -0.15) is 5.26 Å². The molecule has 80 valence electrons. The Hall–Kier alpha value is -0.640. The van der Waals surface area contributed by atoms with Gasteiger partial charge in [-0.15, -0.1) is 0 Å². The van der Waals surface area contributed by atoms with Crippen LogP contribution in [0.25, 0.3) is 0 Å². The van der Waals surface area contributed by atoms with Gasteiger partial charge in [0.05, 0.1) is 17.6 Å². The first-order valence-corrected chi connectivity index (χ1v) is 6.36. The van der Waals surface area contributed by atoms with Gasteiger partial charge >= 0.3 is 0 Å². The van der Waals surface area contributed by atoms with E-state index in [1.165, 1.54) is 0 Å². The molecule has 1 saturated heterocycles. The molecular weight excluding hydrogens is 202 g/mol. The smallest absolute Gasteiger partial charge is 0.153 e. The van der Waals surface area contributed by atoms with Crippen LogP contribution in [0, 0.1) is 11.3 Å². The highest BCUT2D eigenvalue weighted by Gasteiger charge is 2.28. The molecule has 0 radical (unpaired) electrons. The molecule has 0 aromatic rings. The van der Waals surface area contributed by atoms with Crippen molar-refractivity contribution in [2.75, 3.05) is 24.6 Å². The first kappa shape index (κ1) is 11.4. The van der Waals surface area contributed by atoms with E-state index in [4.69, 9.17) is 11.0 Å². The molecule has 0 bridgehead atoms. The van der Waals surface area contributed by atoms with Crippen molar-refractivity contribution in [3.05, 3.63) is 0 Å². The summed E-state index contributed by atoms with van der Waals surface area (Å²) in [6.07, 6.45) is 0. The molecule has 2 N–H and O–H groups in total. The Balaban J connectivity index is 2.55. The van der Waals surface area contributed by atoms with Gasteiger partial charge in [0.2, 0.25) is 0 Å². The van der Waals surface area contributed by atoms with Crippen LogP contribution in [0.15, 0.2) is 0 Å². The average molecular weight is 217 g/mol. The van der Waals surface area contributed by atoms with Crippen LogP contribution in [0.1, 0.15) is 6.92 Å². The van der Waals surface area contributed by atoms with Gasteiger partial charge in [0, 0.05) is 19.1 Å². The van der Waals surface area contributed by atoms with E-state index in [1.807, 2.05) is 17.9 Å². The quantitative estimate of drug-likeness (QED) is 0.638. The normalized spacial score (nSPS) is 29.4. The van der Waals surface area contributed by atoms with Crippen molar-refractivity contribution < 1.29 is 8.42 Å². The molecule has 0 aromatic carbocycles. The maximum absolute atomic E-state index is 11.2. The van der Waals surface area contributed by atoms with Crippen molar-refractivity contribution in [1.82, 2.24) is 4.90 Å². The van der Waals surface area contributed by atoms with E-state index in [9.17, 15) is 8.42 Å². The van der Waals surface area contributed by atoms with Gasteiger partial charge in [0.25, 0.3) is 0 Å². The zero-order chi connectivity index (χ0) is 10.8. The van der Waals surface area contributed by atoms with Crippen LogP contribution in [-0.4, -0.2) is 50.0 Å². The Morgan fingerprint density at radius 1 is 1.71 bits per heavy atom. The van der Waals surface area contributed by atoms with Gasteiger partial charge in [0.15, 0.2) is 9.84 Å². The predicted molar refractivity (Wildman–Crippen MR) is 53.3 cm³/mol. The first-order valence-electron chi connectivity index (χ1n) is 4.54. The Morgan fingerprint density at radius 2 is 2.36 bits per heavy atom. The summed E-state index contributed by atoms with van der Waals surface area (Å²) < 4.78 is 22.5. The second kappa shape index (κ2) is 4.26. The fraction of sp³-hybridized carbons (Fsp3) is 0.875. The number of sulfone groups is 1. The summed E-state index contributed by atoms with van der Waals surface area (Å²) in [6.45, 7) is 2.78. The summed E-state index contributed by atoms with van der Waals surface area (Å²) in [5, 5.41) is 8.53. The van der Waals surface area contributed by atoms with Crippen molar-refractivity contribution in [3.63, 3.8) is 0 Å². The predicted octanol–water partition coefficient (Wildman–Crippen LogP) is -1.04. The van der Waals surface area contributed by atoms with Gasteiger partial charge in [-0.3, -0.25) is 4.90 Å². The molecule has 0 aliphatic carbocycles. The van der Waals surface area contributed by atoms with Crippen molar-refractivity contribution in [2.24, 2.45) is 5.73 Å². The van der Waals surface area contributed by atoms with Crippen LogP contribution in [0.4, 0.5) is 0 Å². The van der Waals surface area contributed by atoms with Crippen LogP contribution in [-0.2, 0) is 9.84 Å². The summed E-state index contributed by atoms with van der Waals surface area (Å²) >= 11 is 0. The number of nitriles is 1. The molecule has 2 unspecified atom stereocenters. The number of hydrogen-bond donors (Lipinski definition) is 1. The summed E-state index contributed by atoms with van der Waals surface area (Å²) in [5.41, 5.74) is 5.48. The van der Waals surface area contributed by atoms with Gasteiger partial charge in [-0.25, -0.2) is 8.42 Å². The highest BCUT2D eigenvalue weighted by Crippen LogP contribution is 2.11. The Labute approximate surface area is 84.4 Å². The molecule has 0 amide bonds. The van der Waals surface area contributed by atoms with Gasteiger partial charge in [-0.1, -0.05) is 0 Å². The van der Waals surface area contributed by atoms with E-state index in [2.05, 4.69) is 0 Å². The van der Waals surface area contributed by atoms with Gasteiger partial charge in [-0.05, 0) is 6.92 Å². The summed E-state index contributed by atoms with van der Waals surface area (Å²) in [5.74, 6) is 0.348. The number of rotatable bonds is 2. The van der Waals surface area contributed by atoms with Gasteiger partial charge in [0.1, 0.15) is 6.04 Å². The standard InChI is InChI=1S/C8H15N3O2S/c1-7-6-14(12,13)3-2-11(7)5-8(10)4-9/h7-8H,2-3,5-6,10H2,1H3. The third-order valence-corrected chi connectivity index (χ3v) is 4.20. The SMILES string of the molecule is CC1CS(=O)(=O)CCN1CC(N)C#N. The fourth-order valence-electron chi connectivity index (χ4n) is 1.60. The molecule has 5 nitrogen and oxygen atoms in total. The van der Waals surface area contributed by atoms with Crippen LogP contribution in [0.3, 0.4) is 0 Å². The highest BCUT2D eigenvalue weighted by atomic mass is 32.2. The van der Waals surface area contributed by atoms with Crippen molar-refractivity contribution in [3.8, 4) is 6.07 Å². The summed E-state index contributed by atoms with van der Waals surface area (Å²) in [7, 11) is -2.87. The Bertz CT molecular complexity index is 333. The molecule has 1 rings (SSSR count). The van der Waals surface area contributed by atoms with E-state index >= 15 is 0 Å². The van der Waals surface area contributed by atoms with Crippen molar-refractivity contribution in [2.45, 2.75) is 19.0 Å². The second-order valence-electron chi connectivity index (χ2n) is 3.69. The molecule has 1 fully saturated rings. The zero-order valence-corrected chi connectivity index (χ0v) is 9.00. The molecule has 0 aromatic heterocycles. The van der Waals surface area contributed by atoms with Crippen molar-refractivity contribution >= 4 is 9.84 Å². The molecule has 2 atom stereocenters. The van der Waals surface area contributed by atoms with Crippen LogP contribution < -0.4 is 5.73 Å². The lowest BCUT2D eigenvalue weighted by Crippen LogP contribution is -2.50. The topological polar surface area (TPSA) is 87.2 Å². The number of nitrogens with two attached hydrogens (primary N) is 1. The van der Waals surface area contributed by atoms with Crippen LogP contribution in [0.5, 0.6) is 0 Å². The molecule has 1 aliphatic rings. The molecule has 0 saturated carbocycles. The maximum atomic E-state index is 11.2. The summed E-state index contributed by atoms with van der Waals surface area (Å²) in [6, 6.07) is 1.38. The molecule has 14 heavy (non-hydrogen) atoms. The maximum Gasteiger partial charge on any atom is 0.153 e. The van der Waals surface area contributed by atoms with E-state index < -0.39 is 15.9 Å². The largest absolute Gasteiger partial charge is 0.315 e. The molecule has 1 aliphatic heterocycles. The van der Waals surface area contributed by atoms with E-state index in [0.29, 0.717) is 13.1 Å². The third-order valence-electron chi connectivity index (χ3n) is 2.41. The molecular formula is C8H15N3O2S. The molecule has 1 heterocycles. The van der Waals surface area contributed by atoms with E-state index in [0.717, 1.165) is 0 Å². The lowest BCUT2D eigenvalue weighted by atomic mass is 10.2. The van der Waals surface area contributed by atoms with Crippen LogP contribution >= 0.6 is 0 Å². The van der Waals surface area contributed by atoms with Gasteiger partial charge < -0.3 is 5.73 Å². The first-order chi connectivity index (χ1) is 6.44. The van der Waals surface area contributed by atoms with Crippen LogP contribution in [0.2, 0.25) is 0 Å². The van der Waals surface area contributed by atoms with Crippen molar-refractivity contribution in [1.29, 1.82) is 5.26 Å². The monoisotopic (exact) mass is 217 g/mol. The third kappa shape index (κ3) is 2.94. The average Bonchev–Trinajstić information content (AvgIpc) is 2.09. The number of hydrogen-bond acceptors (Lipinski definition) is 5. The minimum atomic E-state index is -2.87. The Morgan fingerprint density at radius 3 is 2.86 bits per heavy atom. The molecule has 0 spiro atoms. The second-order valence-corrected chi connectivity index (χ2v) is 5.92. The van der Waals surface area contributed by atoms with E-state index in [1.54, 1.807) is 0 Å². The highest BCUT2D eigenvalue weighted by molar-refractivity contribution is 7.91. The zero-order valence-electron chi connectivity index (χ0n) is 8.18. The molecule has 6 heteroatoms. The lowest BCUT2D eigenvalue weighted by Gasteiger charge is -2.33. The number of nitrogens with zero attached hydrogens (tertiary/aromatic N) is 2. The Kier molecular flexibility index (Phi) is 3.48. The van der Waals surface area contributed by atoms with E-state index in [-0.39, 0.29) is 17.5 Å². The summed E-state index contributed by atoms with van der Waals surface area (Å²) in [4.78, 5) is 1.95. The fourth-order valence-corrected chi connectivity index (χ4v) is 3.22. The minimum Gasteiger partial charge on any atom is -0.315 e.